The molecule has 0 rings (SSSR count). The van der Waals surface area contributed by atoms with Crippen LogP contribution in [0.25, 0.3) is 0 Å². The topological polar surface area (TPSA) is 20.2 Å². The minimum Gasteiger partial charge on any atom is -0.397 e. The van der Waals surface area contributed by atoms with Gasteiger partial charge in [-0.25, -0.2) is 0 Å². The van der Waals surface area contributed by atoms with Crippen molar-refractivity contribution in [2.75, 3.05) is 6.61 Å². The fourth-order valence-electron chi connectivity index (χ4n) is 0. The summed E-state index contributed by atoms with van der Waals surface area (Å²) in [6.07, 6.45) is 0. The Bertz CT molecular complexity index is 21.4. The lowest BCUT2D eigenvalue weighted by molar-refractivity contribution is 0.318. The minimum atomic E-state index is 0.250. The molecule has 0 saturated heterocycles. The number of rotatable bonds is 0. The van der Waals surface area contributed by atoms with Gasteiger partial charge in [-0.15, -0.1) is 0 Å². The predicted molar refractivity (Wildman–Crippen MR) is 58.6 cm³/mol. The number of aliphatic hydroxyl groups excluding tert-OH is 1. The first-order valence-electron chi connectivity index (χ1n) is 1.68. The van der Waals surface area contributed by atoms with Gasteiger partial charge < -0.3 is 5.11 Å². The molecule has 4 heteroatoms. The SMILES string of the molecule is CCO.IC(I)I. The molecule has 0 amide bonds. The van der Waals surface area contributed by atoms with E-state index in [1.165, 1.54) is 0 Å². The molecular weight excluding hydrogens is 433 g/mol. The van der Waals surface area contributed by atoms with E-state index in [1.807, 2.05) is 0 Å². The van der Waals surface area contributed by atoms with Gasteiger partial charge in [-0.1, -0.05) is 67.8 Å². The highest BCUT2D eigenvalue weighted by atomic mass is 127. The maximum absolute atomic E-state index is 7.57. The highest BCUT2D eigenvalue weighted by molar-refractivity contribution is 14.3. The Balaban J connectivity index is 0. The van der Waals surface area contributed by atoms with Crippen molar-refractivity contribution in [2.24, 2.45) is 0 Å². The van der Waals surface area contributed by atoms with Gasteiger partial charge in [-0.3, -0.25) is 0 Å². The molecule has 0 aromatic heterocycles. The summed E-state index contributed by atoms with van der Waals surface area (Å²) in [6, 6.07) is 0. The fraction of sp³-hybridized carbons (Fsp3) is 1.00. The van der Waals surface area contributed by atoms with Crippen LogP contribution >= 0.6 is 67.8 Å². The Labute approximate surface area is 85.1 Å². The fourth-order valence-corrected chi connectivity index (χ4v) is 0. The molecule has 0 saturated carbocycles. The van der Waals surface area contributed by atoms with E-state index in [1.54, 1.807) is 6.92 Å². The number of hydrogen-bond donors (Lipinski definition) is 1. The lowest BCUT2D eigenvalue weighted by Crippen LogP contribution is -1.57. The average molecular weight is 440 g/mol. The molecule has 0 bridgehead atoms. The largest absolute Gasteiger partial charge is 0.397 e. The van der Waals surface area contributed by atoms with E-state index in [4.69, 9.17) is 5.11 Å². The van der Waals surface area contributed by atoms with Crippen molar-refractivity contribution in [1.82, 2.24) is 0 Å². The first kappa shape index (κ1) is 11.9. The summed E-state index contributed by atoms with van der Waals surface area (Å²) in [5.74, 6) is 0. The normalized spacial score (nSPS) is 7.71. The van der Waals surface area contributed by atoms with Crippen molar-refractivity contribution in [3.05, 3.63) is 0 Å². The Morgan fingerprint density at radius 2 is 1.43 bits per heavy atom. The zero-order chi connectivity index (χ0) is 6.28. The summed E-state index contributed by atoms with van der Waals surface area (Å²) in [5.41, 5.74) is 0. The molecule has 46 valence electrons. The summed E-state index contributed by atoms with van der Waals surface area (Å²) in [5, 5.41) is 7.57. The first-order valence-corrected chi connectivity index (χ1v) is 5.41. The highest BCUT2D eigenvalue weighted by Crippen LogP contribution is 2.16. The molecule has 0 aliphatic heterocycles. The van der Waals surface area contributed by atoms with Crippen LogP contribution in [0.15, 0.2) is 0 Å². The van der Waals surface area contributed by atoms with Crippen molar-refractivity contribution in [1.29, 1.82) is 0 Å². The molecule has 0 unspecified atom stereocenters. The molecule has 0 radical (unpaired) electrons. The lowest BCUT2D eigenvalue weighted by atomic mass is 10.9. The van der Waals surface area contributed by atoms with Gasteiger partial charge in [0.05, 0.1) is 0 Å². The van der Waals surface area contributed by atoms with Crippen LogP contribution in [-0.4, -0.2) is 11.7 Å². The number of hydrogen-bond acceptors (Lipinski definition) is 1. The predicted octanol–water partition coefficient (Wildman–Crippen LogP) is 2.57. The lowest BCUT2D eigenvalue weighted by Gasteiger charge is -1.71. The third-order valence-corrected chi connectivity index (χ3v) is 0. The maximum Gasteiger partial charge on any atom is 0.114 e. The van der Waals surface area contributed by atoms with Gasteiger partial charge in [0.2, 0.25) is 0 Å². The van der Waals surface area contributed by atoms with Crippen LogP contribution in [0, 0.1) is 0 Å². The molecule has 1 N–H and O–H groups in total. The van der Waals surface area contributed by atoms with Crippen LogP contribution in [0.1, 0.15) is 6.92 Å². The van der Waals surface area contributed by atoms with Crippen LogP contribution in [0.4, 0.5) is 0 Å². The van der Waals surface area contributed by atoms with Gasteiger partial charge in [0.15, 0.2) is 0 Å². The molecule has 0 aliphatic carbocycles. The molecule has 0 spiro atoms. The summed E-state index contributed by atoms with van der Waals surface area (Å²) in [7, 11) is 0. The van der Waals surface area contributed by atoms with Gasteiger partial charge in [0.25, 0.3) is 0 Å². The third kappa shape index (κ3) is 66.7. The van der Waals surface area contributed by atoms with Crippen molar-refractivity contribution < 1.29 is 5.11 Å². The summed E-state index contributed by atoms with van der Waals surface area (Å²) in [4.78, 5) is 0. The minimum absolute atomic E-state index is 0.250. The van der Waals surface area contributed by atoms with Crippen LogP contribution in [0.3, 0.4) is 0 Å². The number of aliphatic hydroxyl groups is 1. The van der Waals surface area contributed by atoms with E-state index in [9.17, 15) is 0 Å². The second kappa shape index (κ2) is 11.0. The van der Waals surface area contributed by atoms with Gasteiger partial charge >= 0.3 is 0 Å². The van der Waals surface area contributed by atoms with Crippen molar-refractivity contribution in [3.8, 4) is 0 Å². The Morgan fingerprint density at radius 3 is 1.43 bits per heavy atom. The van der Waals surface area contributed by atoms with Gasteiger partial charge in [0, 0.05) is 6.61 Å². The van der Waals surface area contributed by atoms with E-state index < -0.39 is 0 Å². The Morgan fingerprint density at radius 1 is 1.43 bits per heavy atom. The summed E-state index contributed by atoms with van der Waals surface area (Å²) >= 11 is 6.95. The van der Waals surface area contributed by atoms with Crippen molar-refractivity contribution in [2.45, 2.75) is 6.86 Å². The molecule has 0 fully saturated rings. The molecule has 1 nitrogen and oxygen atoms in total. The molecule has 0 aliphatic rings. The zero-order valence-electron chi connectivity index (χ0n) is 3.87. The van der Waals surface area contributed by atoms with E-state index in [0.29, 0.717) is 0 Å². The molecule has 0 heterocycles. The van der Waals surface area contributed by atoms with Gasteiger partial charge in [-0.05, 0) is 6.92 Å². The maximum atomic E-state index is 7.57. The highest BCUT2D eigenvalue weighted by Gasteiger charge is 1.76. The summed E-state index contributed by atoms with van der Waals surface area (Å²) in [6.45, 7) is 1.93. The van der Waals surface area contributed by atoms with Crippen LogP contribution < -0.4 is 0 Å². The number of alkyl halides is 3. The molecule has 0 aromatic rings. The quantitative estimate of drug-likeness (QED) is 0.454. The third-order valence-electron chi connectivity index (χ3n) is 0. The van der Waals surface area contributed by atoms with Gasteiger partial charge in [-0.2, -0.15) is 0 Å². The molecular formula is C3H7I3O. The van der Waals surface area contributed by atoms with E-state index >= 15 is 0 Å². The standard InChI is InChI=1S/C2H6O.CHI3/c1-2-3;2-1(3)4/h3H,2H2,1H3;1H. The van der Waals surface area contributed by atoms with E-state index in [2.05, 4.69) is 67.8 Å². The van der Waals surface area contributed by atoms with Crippen molar-refractivity contribution >= 4 is 67.8 Å². The second-order valence-corrected chi connectivity index (χ2v) is 11.5. The molecule has 0 atom stereocenters. The molecule has 0 aromatic carbocycles. The first-order chi connectivity index (χ1) is 3.15. The molecule has 7 heavy (non-hydrogen) atoms. The summed E-state index contributed by atoms with van der Waals surface area (Å²) < 4.78 is 0.743. The second-order valence-electron chi connectivity index (χ2n) is 0.564. The smallest absolute Gasteiger partial charge is 0.114 e. The number of halogens is 3. The zero-order valence-corrected chi connectivity index (χ0v) is 10.3. The van der Waals surface area contributed by atoms with E-state index in [0.717, 1.165) is -0.0619 Å². The van der Waals surface area contributed by atoms with Crippen LogP contribution in [-0.2, 0) is 0 Å². The van der Waals surface area contributed by atoms with Crippen LogP contribution in [0.5, 0.6) is 0 Å². The monoisotopic (exact) mass is 440 g/mol. The Kier molecular flexibility index (Phi) is 18.7. The average Bonchev–Trinajstić information content (AvgIpc) is 1.33. The van der Waals surface area contributed by atoms with Gasteiger partial charge in [0.1, 0.15) is -0.0619 Å². The Hall–Kier alpha value is 2.15. The van der Waals surface area contributed by atoms with E-state index in [-0.39, 0.29) is 6.61 Å². The van der Waals surface area contributed by atoms with Crippen molar-refractivity contribution in [3.63, 3.8) is 0 Å². The van der Waals surface area contributed by atoms with Crippen LogP contribution in [0.2, 0.25) is 0 Å².